The lowest BCUT2D eigenvalue weighted by atomic mass is 10.1. The Morgan fingerprint density at radius 3 is 2.67 bits per heavy atom. The first-order valence-corrected chi connectivity index (χ1v) is 9.25. The minimum absolute atomic E-state index is 0.242. The molecule has 6 heteroatoms. The number of halogens is 1. The van der Waals surface area contributed by atoms with Crippen molar-refractivity contribution < 1.29 is 9.13 Å². The van der Waals surface area contributed by atoms with Crippen LogP contribution in [0.5, 0.6) is 0 Å². The number of nitrogens with zero attached hydrogens (tertiary/aromatic N) is 1. The lowest BCUT2D eigenvalue weighted by molar-refractivity contribution is 0.0520. The van der Waals surface area contributed by atoms with Crippen molar-refractivity contribution in [2.45, 2.75) is 39.2 Å². The first-order valence-electron chi connectivity index (χ1n) is 9.25. The maximum atomic E-state index is 13.0. The van der Waals surface area contributed by atoms with Crippen LogP contribution in [-0.4, -0.2) is 37.9 Å². The van der Waals surface area contributed by atoms with Crippen LogP contribution in [0.1, 0.15) is 38.7 Å². The third kappa shape index (κ3) is 9.26. The van der Waals surface area contributed by atoms with Crippen molar-refractivity contribution in [2.24, 2.45) is 10.7 Å². The van der Waals surface area contributed by atoms with Gasteiger partial charge in [-0.05, 0) is 88.2 Å². The molecule has 0 radical (unpaired) electrons. The van der Waals surface area contributed by atoms with Crippen LogP contribution in [0.25, 0.3) is 0 Å². The van der Waals surface area contributed by atoms with Crippen LogP contribution >= 0.6 is 0 Å². The van der Waals surface area contributed by atoms with Gasteiger partial charge in [-0.1, -0.05) is 6.08 Å². The smallest absolute Gasteiger partial charge is 0.126 e. The highest BCUT2D eigenvalue weighted by molar-refractivity contribution is 6.11. The lowest BCUT2D eigenvalue weighted by Crippen LogP contribution is -2.19. The molecule has 1 aromatic rings. The Bertz CT molecular complexity index is 665. The van der Waals surface area contributed by atoms with Gasteiger partial charge < -0.3 is 21.2 Å². The maximum absolute atomic E-state index is 13.0. The van der Waals surface area contributed by atoms with Crippen LogP contribution in [0, 0.1) is 11.2 Å². The van der Waals surface area contributed by atoms with E-state index in [1.165, 1.54) is 12.1 Å². The summed E-state index contributed by atoms with van der Waals surface area (Å²) in [4.78, 5) is 4.23. The van der Waals surface area contributed by atoms with Gasteiger partial charge in [0.15, 0.2) is 0 Å². The molecule has 148 valence electrons. The Balaban J connectivity index is 2.54. The fourth-order valence-corrected chi connectivity index (χ4v) is 2.45. The van der Waals surface area contributed by atoms with Crippen molar-refractivity contribution in [3.8, 4) is 0 Å². The van der Waals surface area contributed by atoms with Crippen molar-refractivity contribution in [1.82, 2.24) is 5.32 Å². The fraction of sp³-hybridized carbons (Fsp3) is 0.429. The van der Waals surface area contributed by atoms with E-state index >= 15 is 0 Å². The number of nitrogens with one attached hydrogen (secondary N) is 2. The summed E-state index contributed by atoms with van der Waals surface area (Å²) in [5.74, 6) is 0.0330. The van der Waals surface area contributed by atoms with Crippen LogP contribution in [0.4, 0.5) is 4.39 Å². The number of benzene rings is 1. The van der Waals surface area contributed by atoms with Gasteiger partial charge in [0, 0.05) is 12.8 Å². The van der Waals surface area contributed by atoms with Crippen molar-refractivity contribution in [1.29, 1.82) is 5.41 Å². The monoisotopic (exact) mass is 374 g/mol. The molecular weight excluding hydrogens is 343 g/mol. The highest BCUT2D eigenvalue weighted by Crippen LogP contribution is 2.08. The molecule has 0 fully saturated rings. The second-order valence-corrected chi connectivity index (χ2v) is 6.19. The van der Waals surface area contributed by atoms with E-state index in [0.717, 1.165) is 25.8 Å². The van der Waals surface area contributed by atoms with Gasteiger partial charge >= 0.3 is 0 Å². The molecule has 0 saturated carbocycles. The molecule has 0 heterocycles. The molecule has 0 spiro atoms. The summed E-state index contributed by atoms with van der Waals surface area (Å²) in [6, 6.07) is 5.80. The van der Waals surface area contributed by atoms with Crippen molar-refractivity contribution in [3.63, 3.8) is 0 Å². The molecule has 4 N–H and O–H groups in total. The average molecular weight is 375 g/mol. The molecule has 0 aliphatic carbocycles. The van der Waals surface area contributed by atoms with Crippen LogP contribution in [0.2, 0.25) is 0 Å². The third-order valence-corrected chi connectivity index (χ3v) is 4.01. The first kappa shape index (κ1) is 22.7. The van der Waals surface area contributed by atoms with Gasteiger partial charge in [0.25, 0.3) is 0 Å². The Hall–Kier alpha value is -2.31. The number of hydrogen-bond donors (Lipinski definition) is 3. The van der Waals surface area contributed by atoms with Gasteiger partial charge in [-0.2, -0.15) is 0 Å². The van der Waals surface area contributed by atoms with Crippen molar-refractivity contribution in [3.05, 3.63) is 59.6 Å². The minimum Gasteiger partial charge on any atom is -0.383 e. The summed E-state index contributed by atoms with van der Waals surface area (Å²) in [6.45, 7) is 5.45. The second kappa shape index (κ2) is 12.9. The number of ether oxygens (including phenoxy) is 1. The van der Waals surface area contributed by atoms with E-state index in [4.69, 9.17) is 15.9 Å². The zero-order valence-corrected chi connectivity index (χ0v) is 16.5. The third-order valence-electron chi connectivity index (χ3n) is 4.01. The molecule has 5 nitrogen and oxygen atoms in total. The van der Waals surface area contributed by atoms with E-state index < -0.39 is 0 Å². The zero-order chi connectivity index (χ0) is 20.1. The van der Waals surface area contributed by atoms with E-state index in [-0.39, 0.29) is 17.6 Å². The van der Waals surface area contributed by atoms with Crippen LogP contribution in [0.3, 0.4) is 0 Å². The normalized spacial score (nSPS) is 13.9. The summed E-state index contributed by atoms with van der Waals surface area (Å²) >= 11 is 0. The Morgan fingerprint density at radius 1 is 1.33 bits per heavy atom. The molecule has 1 unspecified atom stereocenters. The summed E-state index contributed by atoms with van der Waals surface area (Å²) in [6.07, 6.45) is 8.31. The molecule has 0 saturated heterocycles. The predicted molar refractivity (Wildman–Crippen MR) is 111 cm³/mol. The molecule has 27 heavy (non-hydrogen) atoms. The summed E-state index contributed by atoms with van der Waals surface area (Å²) in [5, 5.41) is 11.2. The number of rotatable bonds is 12. The van der Waals surface area contributed by atoms with Gasteiger partial charge in [0.05, 0.1) is 11.8 Å². The van der Waals surface area contributed by atoms with E-state index in [1.807, 2.05) is 20.0 Å². The number of aliphatic imine (C=N–C) groups is 1. The second-order valence-electron chi connectivity index (χ2n) is 6.19. The van der Waals surface area contributed by atoms with E-state index in [9.17, 15) is 4.39 Å². The quantitative estimate of drug-likeness (QED) is 0.384. The Kier molecular flexibility index (Phi) is 10.9. The topological polar surface area (TPSA) is 83.5 Å². The molecule has 0 aliphatic rings. The lowest BCUT2D eigenvalue weighted by Gasteiger charge is -2.15. The maximum Gasteiger partial charge on any atom is 0.126 e. The molecule has 0 aliphatic heterocycles. The number of hydrogen-bond acceptors (Lipinski definition) is 4. The van der Waals surface area contributed by atoms with Crippen LogP contribution < -0.4 is 11.1 Å². The largest absolute Gasteiger partial charge is 0.383 e. The first-order chi connectivity index (χ1) is 13.0. The molecule has 1 aromatic carbocycles. The van der Waals surface area contributed by atoms with E-state index in [0.29, 0.717) is 23.6 Å². The van der Waals surface area contributed by atoms with Gasteiger partial charge in [-0.25, -0.2) is 9.38 Å². The molecular formula is C21H31FN4O. The highest BCUT2D eigenvalue weighted by atomic mass is 19.1. The number of allylic oxidation sites excluding steroid dienone is 2. The molecule has 1 atom stereocenters. The SMILES string of the molecule is CCOC(CC/C=C/N=C(N)/C(C)=C\C(=N)c1ccc(F)cc1)CCNC. The fourth-order valence-electron chi connectivity index (χ4n) is 2.45. The van der Waals surface area contributed by atoms with Gasteiger partial charge in [-0.15, -0.1) is 0 Å². The predicted octanol–water partition coefficient (Wildman–Crippen LogP) is 3.81. The van der Waals surface area contributed by atoms with Gasteiger partial charge in [0.1, 0.15) is 11.7 Å². The summed E-state index contributed by atoms with van der Waals surface area (Å²) in [7, 11) is 1.94. The van der Waals surface area contributed by atoms with E-state index in [1.54, 1.807) is 31.3 Å². The number of amidine groups is 1. The summed E-state index contributed by atoms with van der Waals surface area (Å²) < 4.78 is 18.7. The minimum atomic E-state index is -0.323. The van der Waals surface area contributed by atoms with Crippen LogP contribution in [0.15, 0.2) is 53.2 Å². The zero-order valence-electron chi connectivity index (χ0n) is 16.5. The molecule has 1 rings (SSSR count). The standard InChI is InChI=1S/C21H31FN4O/c1-4-27-19(12-14-25-3)7-5-6-13-26-21(24)16(2)15-20(23)17-8-10-18(22)11-9-17/h6,8-11,13,15,19,23,25H,4-5,7,12,14H2,1-3H3,(H2,24,26)/b13-6+,16-15-,23-20?. The highest BCUT2D eigenvalue weighted by Gasteiger charge is 2.06. The van der Waals surface area contributed by atoms with Crippen molar-refractivity contribution in [2.75, 3.05) is 20.2 Å². The van der Waals surface area contributed by atoms with Gasteiger partial charge in [-0.3, -0.25) is 0 Å². The molecule has 0 aromatic heterocycles. The van der Waals surface area contributed by atoms with Gasteiger partial charge in [0.2, 0.25) is 0 Å². The number of nitrogens with two attached hydrogens (primary N) is 1. The summed E-state index contributed by atoms with van der Waals surface area (Å²) in [5.41, 5.74) is 7.54. The molecule has 0 amide bonds. The van der Waals surface area contributed by atoms with Crippen molar-refractivity contribution >= 4 is 11.5 Å². The molecule has 0 bridgehead atoms. The average Bonchev–Trinajstić information content (AvgIpc) is 2.65. The van der Waals surface area contributed by atoms with E-state index in [2.05, 4.69) is 10.3 Å². The Labute approximate surface area is 161 Å². The Morgan fingerprint density at radius 2 is 2.04 bits per heavy atom. The van der Waals surface area contributed by atoms with Crippen LogP contribution in [-0.2, 0) is 4.74 Å².